The molecule has 0 radical (unpaired) electrons. The van der Waals surface area contributed by atoms with Crippen molar-refractivity contribution in [1.82, 2.24) is 0 Å². The van der Waals surface area contributed by atoms with Crippen LogP contribution in [-0.2, 0) is 0 Å². The van der Waals surface area contributed by atoms with Gasteiger partial charge in [-0.3, -0.25) is 0 Å². The van der Waals surface area contributed by atoms with Gasteiger partial charge < -0.3 is 0 Å². The maximum atomic E-state index is 3.96. The van der Waals surface area contributed by atoms with Crippen LogP contribution in [0.25, 0.3) is 11.1 Å². The molecule has 1 aromatic carbocycles. The Kier molecular flexibility index (Phi) is 2.71. The first-order chi connectivity index (χ1) is 7.27. The maximum absolute atomic E-state index is 3.96. The molecule has 0 aliphatic heterocycles. The highest BCUT2D eigenvalue weighted by Gasteiger charge is 2.02. The highest BCUT2D eigenvalue weighted by molar-refractivity contribution is 5.73. The van der Waals surface area contributed by atoms with Crippen molar-refractivity contribution in [2.45, 2.75) is 13.3 Å². The zero-order chi connectivity index (χ0) is 10.7. The van der Waals surface area contributed by atoms with E-state index in [2.05, 4.69) is 48.7 Å². The first-order valence-electron chi connectivity index (χ1n) is 5.14. The van der Waals surface area contributed by atoms with E-state index in [0.29, 0.717) is 0 Å². The van der Waals surface area contributed by atoms with Crippen molar-refractivity contribution in [3.05, 3.63) is 65.9 Å². The zero-order valence-electron chi connectivity index (χ0n) is 8.96. The second-order valence-corrected chi connectivity index (χ2v) is 3.79. The van der Waals surface area contributed by atoms with Gasteiger partial charge in [0.15, 0.2) is 0 Å². The van der Waals surface area contributed by atoms with Crippen LogP contribution in [0.5, 0.6) is 0 Å². The zero-order valence-corrected chi connectivity index (χ0v) is 8.96. The molecule has 0 saturated carbocycles. The summed E-state index contributed by atoms with van der Waals surface area (Å²) in [5.74, 6) is 0. The van der Waals surface area contributed by atoms with Gasteiger partial charge in [-0.2, -0.15) is 0 Å². The minimum atomic E-state index is 0.968. The van der Waals surface area contributed by atoms with Gasteiger partial charge in [-0.25, -0.2) is 0 Å². The summed E-state index contributed by atoms with van der Waals surface area (Å²) in [6.07, 6.45) is 7.11. The molecule has 15 heavy (non-hydrogen) atoms. The second kappa shape index (κ2) is 4.16. The molecule has 0 bridgehead atoms. The van der Waals surface area contributed by atoms with E-state index in [1.807, 2.05) is 13.0 Å². The van der Waals surface area contributed by atoms with Crippen LogP contribution in [0.4, 0.5) is 0 Å². The molecule has 1 aromatic rings. The normalized spacial score (nSPS) is 13.8. The maximum Gasteiger partial charge on any atom is -0.00151 e. The molecule has 0 saturated heterocycles. The summed E-state index contributed by atoms with van der Waals surface area (Å²) in [7, 11) is 0. The van der Waals surface area contributed by atoms with E-state index in [0.717, 1.165) is 12.0 Å². The number of rotatable bonds is 2. The number of hydrogen-bond donors (Lipinski definition) is 0. The Morgan fingerprint density at radius 3 is 2.93 bits per heavy atom. The lowest BCUT2D eigenvalue weighted by Crippen LogP contribution is -1.87. The van der Waals surface area contributed by atoms with Crippen LogP contribution in [-0.4, -0.2) is 0 Å². The summed E-state index contributed by atoms with van der Waals surface area (Å²) in [6, 6.07) is 8.52. The van der Waals surface area contributed by atoms with Crippen molar-refractivity contribution >= 4 is 11.1 Å². The van der Waals surface area contributed by atoms with Crippen molar-refractivity contribution in [2.75, 3.05) is 0 Å². The molecule has 1 aliphatic rings. The molecule has 0 nitrogen and oxygen atoms in total. The van der Waals surface area contributed by atoms with Gasteiger partial charge in [-0.15, -0.1) is 5.73 Å². The van der Waals surface area contributed by atoms with Gasteiger partial charge in [0.2, 0.25) is 0 Å². The number of hydrogen-bond acceptors (Lipinski definition) is 0. The molecule has 0 aromatic heterocycles. The van der Waals surface area contributed by atoms with Crippen LogP contribution in [0.1, 0.15) is 24.5 Å². The van der Waals surface area contributed by atoms with Gasteiger partial charge in [-0.1, -0.05) is 36.4 Å². The van der Waals surface area contributed by atoms with Crippen molar-refractivity contribution in [3.63, 3.8) is 0 Å². The van der Waals surface area contributed by atoms with Crippen LogP contribution in [0.15, 0.2) is 54.8 Å². The van der Waals surface area contributed by atoms with Crippen LogP contribution in [0, 0.1) is 0 Å². The van der Waals surface area contributed by atoms with Crippen LogP contribution < -0.4 is 0 Å². The summed E-state index contributed by atoms with van der Waals surface area (Å²) in [6.45, 7) is 6.00. The molecule has 1 aliphatic carbocycles. The quantitative estimate of drug-likeness (QED) is 0.618. The van der Waals surface area contributed by atoms with E-state index < -0.39 is 0 Å². The van der Waals surface area contributed by atoms with Crippen LogP contribution in [0.2, 0.25) is 0 Å². The van der Waals surface area contributed by atoms with Gasteiger partial charge in [0.1, 0.15) is 0 Å². The Labute approximate surface area is 91.0 Å². The lowest BCUT2D eigenvalue weighted by atomic mass is 9.97. The third-order valence-corrected chi connectivity index (χ3v) is 2.55. The molecule has 0 amide bonds. The SMILES string of the molecule is C=C(C)c1cccc(C2=CC=C=CC2)c1. The van der Waals surface area contributed by atoms with Gasteiger partial charge in [0.25, 0.3) is 0 Å². The van der Waals surface area contributed by atoms with E-state index >= 15 is 0 Å². The molecular weight excluding hydrogens is 180 g/mol. The van der Waals surface area contributed by atoms with E-state index in [9.17, 15) is 0 Å². The first kappa shape index (κ1) is 9.76. The first-order valence-corrected chi connectivity index (χ1v) is 5.14. The fourth-order valence-corrected chi connectivity index (χ4v) is 1.65. The van der Waals surface area contributed by atoms with Crippen LogP contribution >= 0.6 is 0 Å². The lowest BCUT2D eigenvalue weighted by molar-refractivity contribution is 1.37. The lowest BCUT2D eigenvalue weighted by Gasteiger charge is -2.08. The second-order valence-electron chi connectivity index (χ2n) is 3.79. The fourth-order valence-electron chi connectivity index (χ4n) is 1.65. The summed E-state index contributed by atoms with van der Waals surface area (Å²) in [4.78, 5) is 0. The molecule has 0 unspecified atom stereocenters. The van der Waals surface area contributed by atoms with Gasteiger partial charge in [0, 0.05) is 0 Å². The molecular formula is C15H14. The highest BCUT2D eigenvalue weighted by atomic mass is 14.1. The average molecular weight is 194 g/mol. The minimum Gasteiger partial charge on any atom is -0.125 e. The summed E-state index contributed by atoms with van der Waals surface area (Å²) in [5, 5.41) is 0. The Morgan fingerprint density at radius 2 is 2.27 bits per heavy atom. The number of allylic oxidation sites excluding steroid dienone is 4. The summed E-state index contributed by atoms with van der Waals surface area (Å²) in [5.41, 5.74) is 8.03. The molecule has 2 rings (SSSR count). The topological polar surface area (TPSA) is 0 Å². The highest BCUT2D eigenvalue weighted by Crippen LogP contribution is 2.23. The van der Waals surface area contributed by atoms with Crippen molar-refractivity contribution < 1.29 is 0 Å². The van der Waals surface area contributed by atoms with Gasteiger partial charge >= 0.3 is 0 Å². The van der Waals surface area contributed by atoms with Crippen LogP contribution in [0.3, 0.4) is 0 Å². The smallest absolute Gasteiger partial charge is 0.00151 e. The van der Waals surface area contributed by atoms with Crippen molar-refractivity contribution in [2.24, 2.45) is 0 Å². The number of benzene rings is 1. The third kappa shape index (κ3) is 2.18. The standard InChI is InChI=1S/C15H14/c1-12(2)14-9-6-10-15(11-14)13-7-4-3-5-8-13/h4-7,9-11H,1,8H2,2H3. The Bertz CT molecular complexity index is 481. The van der Waals surface area contributed by atoms with Gasteiger partial charge in [-0.05, 0) is 48.3 Å². The predicted octanol–water partition coefficient (Wildman–Crippen LogP) is 4.22. The van der Waals surface area contributed by atoms with Gasteiger partial charge in [0.05, 0.1) is 0 Å². The molecule has 0 N–H and O–H groups in total. The van der Waals surface area contributed by atoms with Crippen molar-refractivity contribution in [3.8, 4) is 0 Å². The molecule has 0 fully saturated rings. The summed E-state index contributed by atoms with van der Waals surface area (Å²) >= 11 is 0. The van der Waals surface area contributed by atoms with E-state index in [4.69, 9.17) is 0 Å². The molecule has 0 heteroatoms. The summed E-state index contributed by atoms with van der Waals surface area (Å²) < 4.78 is 0. The Hall–Kier alpha value is -1.78. The average Bonchev–Trinajstić information content (AvgIpc) is 2.30. The van der Waals surface area contributed by atoms with E-state index in [1.54, 1.807) is 0 Å². The largest absolute Gasteiger partial charge is 0.125 e. The Morgan fingerprint density at radius 1 is 1.40 bits per heavy atom. The molecule has 0 heterocycles. The predicted molar refractivity (Wildman–Crippen MR) is 66.4 cm³/mol. The molecule has 74 valence electrons. The molecule has 0 atom stereocenters. The minimum absolute atomic E-state index is 0.968. The fraction of sp³-hybridized carbons (Fsp3) is 0.133. The van der Waals surface area contributed by atoms with E-state index in [-0.39, 0.29) is 0 Å². The van der Waals surface area contributed by atoms with E-state index in [1.165, 1.54) is 16.7 Å². The third-order valence-electron chi connectivity index (χ3n) is 2.55. The van der Waals surface area contributed by atoms with Crippen molar-refractivity contribution in [1.29, 1.82) is 0 Å². The monoisotopic (exact) mass is 194 g/mol. The Balaban J connectivity index is 2.37. The molecule has 0 spiro atoms.